The van der Waals surface area contributed by atoms with Gasteiger partial charge in [-0.2, -0.15) is 0 Å². The van der Waals surface area contributed by atoms with Gasteiger partial charge in [0, 0.05) is 10.7 Å². The summed E-state index contributed by atoms with van der Waals surface area (Å²) in [7, 11) is 0.103. The molecule has 0 N–H and O–H groups in total. The average molecular weight is 392 g/mol. The highest BCUT2D eigenvalue weighted by molar-refractivity contribution is 9.10. The third-order valence-electron chi connectivity index (χ3n) is 3.13. The number of halogens is 1. The summed E-state index contributed by atoms with van der Waals surface area (Å²) >= 11 is 3.59. The topological polar surface area (TPSA) is 30.8 Å². The molecule has 5 heteroatoms. The van der Waals surface area contributed by atoms with Crippen LogP contribution < -0.4 is 9.47 Å². The Morgan fingerprint density at radius 3 is 2.39 bits per heavy atom. The van der Waals surface area contributed by atoms with Gasteiger partial charge in [-0.05, 0) is 53.3 Å². The van der Waals surface area contributed by atoms with E-state index in [2.05, 4.69) is 35.6 Å². The zero-order chi connectivity index (χ0) is 16.9. The number of benzene rings is 2. The second kappa shape index (κ2) is 7.79. The zero-order valence-electron chi connectivity index (χ0n) is 14.0. The van der Waals surface area contributed by atoms with Gasteiger partial charge in [0.15, 0.2) is 19.7 Å². The van der Waals surface area contributed by atoms with Gasteiger partial charge in [-0.25, -0.2) is 0 Å². The van der Waals surface area contributed by atoms with Crippen LogP contribution in [0.5, 0.6) is 11.5 Å². The molecule has 122 valence electrons. The van der Waals surface area contributed by atoms with Crippen LogP contribution in [0.1, 0.15) is 11.1 Å². The maximum Gasteiger partial charge on any atom is 0.172 e. The van der Waals surface area contributed by atoms with Crippen LogP contribution in [-0.2, 0) is 6.61 Å². The predicted molar refractivity (Wildman–Crippen MR) is 102 cm³/mol. The third kappa shape index (κ3) is 5.22. The second-order valence-corrected chi connectivity index (χ2v) is 11.6. The monoisotopic (exact) mass is 391 g/mol. The Kier molecular flexibility index (Phi) is 6.02. The van der Waals surface area contributed by atoms with Crippen molar-refractivity contribution >= 4 is 30.4 Å². The van der Waals surface area contributed by atoms with Crippen molar-refractivity contribution in [2.75, 3.05) is 7.11 Å². The van der Waals surface area contributed by atoms with Gasteiger partial charge in [-0.1, -0.05) is 30.3 Å². The molecule has 23 heavy (non-hydrogen) atoms. The number of rotatable bonds is 6. The fourth-order valence-electron chi connectivity index (χ4n) is 1.97. The number of hydrogen-bond donors (Lipinski definition) is 0. The first-order valence-electron chi connectivity index (χ1n) is 7.49. The van der Waals surface area contributed by atoms with Crippen LogP contribution in [0, 0.1) is 0 Å². The van der Waals surface area contributed by atoms with Crippen molar-refractivity contribution in [1.29, 1.82) is 0 Å². The SMILES string of the molecule is COc1ccc(Br)c(/C=N/[Si](C)(C)C)c1OCc1ccccc1. The number of hydrogen-bond acceptors (Lipinski definition) is 3. The van der Waals surface area contributed by atoms with Crippen LogP contribution in [-0.4, -0.2) is 21.6 Å². The Balaban J connectivity index is 2.35. The molecule has 2 aromatic carbocycles. The Labute approximate surface area is 147 Å². The Morgan fingerprint density at radius 1 is 1.09 bits per heavy atom. The van der Waals surface area contributed by atoms with Gasteiger partial charge < -0.3 is 14.1 Å². The normalized spacial score (nSPS) is 11.7. The molecule has 0 fully saturated rings. The standard InChI is InChI=1S/C18H22BrNO2Si/c1-21-17-11-10-16(19)15(12-20-23(2,3)4)18(17)22-13-14-8-6-5-7-9-14/h5-12H,13H2,1-4H3/b20-12+. The lowest BCUT2D eigenvalue weighted by Gasteiger charge is -2.16. The quantitative estimate of drug-likeness (QED) is 0.494. The van der Waals surface area contributed by atoms with E-state index in [9.17, 15) is 0 Å². The minimum atomic E-state index is -1.55. The highest BCUT2D eigenvalue weighted by Crippen LogP contribution is 2.36. The summed E-state index contributed by atoms with van der Waals surface area (Å²) in [5.41, 5.74) is 2.03. The lowest BCUT2D eigenvalue weighted by Crippen LogP contribution is -2.16. The van der Waals surface area contributed by atoms with Crippen LogP contribution in [0.4, 0.5) is 0 Å². The summed E-state index contributed by atoms with van der Waals surface area (Å²) in [4.78, 5) is 0. The van der Waals surface area contributed by atoms with Crippen molar-refractivity contribution in [3.05, 3.63) is 58.1 Å². The molecule has 0 heterocycles. The van der Waals surface area contributed by atoms with Crippen LogP contribution >= 0.6 is 15.9 Å². The first-order valence-corrected chi connectivity index (χ1v) is 11.7. The van der Waals surface area contributed by atoms with Crippen molar-refractivity contribution in [2.45, 2.75) is 26.2 Å². The average Bonchev–Trinajstić information content (AvgIpc) is 2.52. The molecule has 2 rings (SSSR count). The van der Waals surface area contributed by atoms with E-state index in [1.165, 1.54) is 0 Å². The van der Waals surface area contributed by atoms with Gasteiger partial charge in [0.25, 0.3) is 0 Å². The van der Waals surface area contributed by atoms with Gasteiger partial charge in [0.05, 0.1) is 12.7 Å². The molecule has 0 spiro atoms. The molecule has 0 bridgehead atoms. The van der Waals surface area contributed by atoms with Crippen LogP contribution in [0.15, 0.2) is 51.6 Å². The Bertz CT molecular complexity index is 681. The molecule has 0 aliphatic heterocycles. The summed E-state index contributed by atoms with van der Waals surface area (Å²) < 4.78 is 17.2. The van der Waals surface area contributed by atoms with Crippen LogP contribution in [0.3, 0.4) is 0 Å². The molecule has 3 nitrogen and oxygen atoms in total. The van der Waals surface area contributed by atoms with E-state index < -0.39 is 8.24 Å². The largest absolute Gasteiger partial charge is 0.493 e. The Morgan fingerprint density at radius 2 is 1.78 bits per heavy atom. The molecule has 0 unspecified atom stereocenters. The molecule has 0 amide bonds. The van der Waals surface area contributed by atoms with Crippen molar-refractivity contribution in [3.8, 4) is 11.5 Å². The first-order chi connectivity index (χ1) is 10.9. The summed E-state index contributed by atoms with van der Waals surface area (Å²) in [6, 6.07) is 13.9. The number of nitrogens with zero attached hydrogens (tertiary/aromatic N) is 1. The maximum absolute atomic E-state index is 6.06. The van der Waals surface area contributed by atoms with Crippen LogP contribution in [0.25, 0.3) is 0 Å². The first kappa shape index (κ1) is 17.8. The van der Waals surface area contributed by atoms with E-state index in [4.69, 9.17) is 14.1 Å². The van der Waals surface area contributed by atoms with Crippen molar-refractivity contribution in [2.24, 2.45) is 4.66 Å². The molecule has 0 aliphatic carbocycles. The van der Waals surface area contributed by atoms with Crippen LogP contribution in [0.2, 0.25) is 19.6 Å². The van der Waals surface area contributed by atoms with E-state index in [-0.39, 0.29) is 0 Å². The van der Waals surface area contributed by atoms with Crippen molar-refractivity contribution < 1.29 is 9.47 Å². The van der Waals surface area contributed by atoms with Gasteiger partial charge in [-0.15, -0.1) is 0 Å². The highest BCUT2D eigenvalue weighted by atomic mass is 79.9. The lowest BCUT2D eigenvalue weighted by atomic mass is 10.2. The minimum Gasteiger partial charge on any atom is -0.493 e. The molecule has 0 saturated carbocycles. The lowest BCUT2D eigenvalue weighted by molar-refractivity contribution is 0.284. The smallest absolute Gasteiger partial charge is 0.172 e. The van der Waals surface area contributed by atoms with Gasteiger partial charge >= 0.3 is 0 Å². The van der Waals surface area contributed by atoms with E-state index in [0.717, 1.165) is 15.6 Å². The molecule has 2 aromatic rings. The Hall–Kier alpha value is -1.59. The minimum absolute atomic E-state index is 0.488. The summed E-state index contributed by atoms with van der Waals surface area (Å²) in [5.74, 6) is 1.42. The van der Waals surface area contributed by atoms with Gasteiger partial charge in [0.1, 0.15) is 6.61 Å². The fraction of sp³-hybridized carbons (Fsp3) is 0.278. The molecule has 0 radical (unpaired) electrons. The van der Waals surface area contributed by atoms with E-state index >= 15 is 0 Å². The molecule has 0 atom stereocenters. The molecular weight excluding hydrogens is 370 g/mol. The summed E-state index contributed by atoms with van der Waals surface area (Å²) in [6.45, 7) is 7.08. The fourth-order valence-corrected chi connectivity index (χ4v) is 2.90. The highest BCUT2D eigenvalue weighted by Gasteiger charge is 2.15. The van der Waals surface area contributed by atoms with Gasteiger partial charge in [-0.3, -0.25) is 0 Å². The second-order valence-electron chi connectivity index (χ2n) is 6.20. The van der Waals surface area contributed by atoms with Crippen molar-refractivity contribution in [3.63, 3.8) is 0 Å². The molecule has 0 aromatic heterocycles. The van der Waals surface area contributed by atoms with E-state index in [1.807, 2.05) is 48.7 Å². The molecule has 0 aliphatic rings. The van der Waals surface area contributed by atoms with E-state index in [0.29, 0.717) is 18.1 Å². The predicted octanol–water partition coefficient (Wildman–Crippen LogP) is 5.29. The molecular formula is C18H22BrNO2Si. The summed E-state index contributed by atoms with van der Waals surface area (Å²) in [5, 5.41) is 0. The van der Waals surface area contributed by atoms with Crippen molar-refractivity contribution in [1.82, 2.24) is 0 Å². The maximum atomic E-state index is 6.06. The molecule has 0 saturated heterocycles. The van der Waals surface area contributed by atoms with Gasteiger partial charge in [0.2, 0.25) is 0 Å². The third-order valence-corrected chi connectivity index (χ3v) is 4.73. The summed E-state index contributed by atoms with van der Waals surface area (Å²) in [6.07, 6.45) is 1.90. The number of ether oxygens (including phenoxy) is 2. The number of methoxy groups -OCH3 is 1. The van der Waals surface area contributed by atoms with E-state index in [1.54, 1.807) is 7.11 Å². The zero-order valence-corrected chi connectivity index (χ0v) is 16.6.